The van der Waals surface area contributed by atoms with Crippen LogP contribution < -0.4 is 11.1 Å². The molecular weight excluding hydrogens is 340 g/mol. The third kappa shape index (κ3) is 3.91. The topological polar surface area (TPSA) is 72.2 Å². The lowest BCUT2D eigenvalue weighted by molar-refractivity contribution is 0.0951. The monoisotopic (exact) mass is 352 g/mol. The van der Waals surface area contributed by atoms with Crippen LogP contribution in [-0.4, -0.2) is 18.4 Å². The number of nitrogens with one attached hydrogen (secondary N) is 1. The van der Waals surface area contributed by atoms with Gasteiger partial charge >= 0.3 is 0 Å². The molecule has 0 unspecified atom stereocenters. The first-order valence-electron chi connectivity index (χ1n) is 5.98. The average molecular weight is 353 g/mol. The first kappa shape index (κ1) is 14.7. The van der Waals surface area contributed by atoms with Crippen molar-refractivity contribution in [2.24, 2.45) is 5.73 Å². The number of thiophene rings is 1. The smallest absolute Gasteiger partial charge is 0.251 e. The number of nitrogens with two attached hydrogens (primary N) is 1. The fraction of sp³-hybridized carbons (Fsp3) is 0.143. The molecule has 0 radical (unpaired) electrons. The average Bonchev–Trinajstić information content (AvgIpc) is 2.84. The predicted octanol–water partition coefficient (Wildman–Crippen LogP) is 2.58. The first-order valence-corrected chi connectivity index (χ1v) is 7.59. The Morgan fingerprint density at radius 3 is 2.30 bits per heavy atom. The van der Waals surface area contributed by atoms with Gasteiger partial charge < -0.3 is 11.1 Å². The second kappa shape index (κ2) is 6.67. The lowest BCUT2D eigenvalue weighted by atomic mass is 10.1. The Morgan fingerprint density at radius 2 is 1.75 bits per heavy atom. The number of hydrogen-bond donors (Lipinski definition) is 2. The molecule has 2 aromatic rings. The largest absolute Gasteiger partial charge is 0.366 e. The molecule has 0 saturated heterocycles. The maximum absolute atomic E-state index is 11.9. The zero-order valence-electron chi connectivity index (χ0n) is 10.6. The molecule has 0 saturated carbocycles. The maximum atomic E-state index is 11.9. The molecule has 1 aromatic heterocycles. The van der Waals surface area contributed by atoms with Crippen molar-refractivity contribution in [2.75, 3.05) is 6.54 Å². The van der Waals surface area contributed by atoms with Crippen LogP contribution in [0.5, 0.6) is 0 Å². The molecule has 0 atom stereocenters. The van der Waals surface area contributed by atoms with Gasteiger partial charge in [-0.15, -0.1) is 11.3 Å². The summed E-state index contributed by atoms with van der Waals surface area (Å²) in [5, 5.41) is 2.84. The van der Waals surface area contributed by atoms with E-state index in [1.54, 1.807) is 35.6 Å². The highest BCUT2D eigenvalue weighted by molar-refractivity contribution is 9.11. The molecule has 1 aromatic carbocycles. The Kier molecular flexibility index (Phi) is 4.92. The van der Waals surface area contributed by atoms with Gasteiger partial charge in [0.05, 0.1) is 3.79 Å². The molecular formula is C14H13BrN2O2S. The first-order chi connectivity index (χ1) is 9.56. The molecule has 0 fully saturated rings. The lowest BCUT2D eigenvalue weighted by Crippen LogP contribution is -2.25. The molecule has 3 N–H and O–H groups in total. The van der Waals surface area contributed by atoms with Crippen molar-refractivity contribution < 1.29 is 9.59 Å². The summed E-state index contributed by atoms with van der Waals surface area (Å²) < 4.78 is 1.08. The fourth-order valence-electron chi connectivity index (χ4n) is 1.67. The summed E-state index contributed by atoms with van der Waals surface area (Å²) in [5.41, 5.74) is 6.05. The molecule has 0 aliphatic carbocycles. The van der Waals surface area contributed by atoms with Crippen molar-refractivity contribution in [1.82, 2.24) is 5.32 Å². The van der Waals surface area contributed by atoms with Gasteiger partial charge in [-0.1, -0.05) is 0 Å². The van der Waals surface area contributed by atoms with Gasteiger partial charge in [0.25, 0.3) is 5.91 Å². The Hall–Kier alpha value is -1.66. The number of carbonyl (C=O) groups is 2. The molecule has 6 heteroatoms. The van der Waals surface area contributed by atoms with Gasteiger partial charge in [-0.05, 0) is 58.7 Å². The predicted molar refractivity (Wildman–Crippen MR) is 83.0 cm³/mol. The van der Waals surface area contributed by atoms with Crippen LogP contribution in [0.1, 0.15) is 25.6 Å². The van der Waals surface area contributed by atoms with Crippen LogP contribution in [0, 0.1) is 0 Å². The number of carbonyl (C=O) groups excluding carboxylic acids is 2. The molecule has 0 aliphatic rings. The molecule has 0 aliphatic heterocycles. The summed E-state index contributed by atoms with van der Waals surface area (Å²) in [6, 6.07) is 10.3. The molecule has 0 bridgehead atoms. The quantitative estimate of drug-likeness (QED) is 0.867. The lowest BCUT2D eigenvalue weighted by Gasteiger charge is -2.04. The summed E-state index contributed by atoms with van der Waals surface area (Å²) in [6.45, 7) is 0.573. The summed E-state index contributed by atoms with van der Waals surface area (Å²) >= 11 is 5.06. The zero-order chi connectivity index (χ0) is 14.5. The highest BCUT2D eigenvalue weighted by atomic mass is 79.9. The standard InChI is InChI=1S/C14H13BrN2O2S/c15-12-6-5-11(20-12)7-8-17-14(19)10-3-1-9(2-4-10)13(16)18/h1-6H,7-8H2,(H2,16,18)(H,17,19). The fourth-order valence-corrected chi connectivity index (χ4v) is 3.16. The zero-order valence-corrected chi connectivity index (χ0v) is 13.0. The number of amides is 2. The van der Waals surface area contributed by atoms with E-state index >= 15 is 0 Å². The van der Waals surface area contributed by atoms with E-state index in [2.05, 4.69) is 21.2 Å². The van der Waals surface area contributed by atoms with Gasteiger partial charge in [0.1, 0.15) is 0 Å². The van der Waals surface area contributed by atoms with Crippen LogP contribution in [0.2, 0.25) is 0 Å². The van der Waals surface area contributed by atoms with Gasteiger partial charge in [0, 0.05) is 22.5 Å². The minimum absolute atomic E-state index is 0.156. The third-order valence-electron chi connectivity index (χ3n) is 2.72. The highest BCUT2D eigenvalue weighted by Crippen LogP contribution is 2.22. The molecule has 2 amide bonds. The van der Waals surface area contributed by atoms with E-state index in [1.807, 2.05) is 12.1 Å². The summed E-state index contributed by atoms with van der Waals surface area (Å²) in [7, 11) is 0. The van der Waals surface area contributed by atoms with Crippen molar-refractivity contribution in [1.29, 1.82) is 0 Å². The van der Waals surface area contributed by atoms with Gasteiger partial charge in [0.15, 0.2) is 0 Å². The Morgan fingerprint density at radius 1 is 1.10 bits per heavy atom. The van der Waals surface area contributed by atoms with Crippen molar-refractivity contribution in [2.45, 2.75) is 6.42 Å². The number of benzene rings is 1. The van der Waals surface area contributed by atoms with Crippen LogP contribution in [0.4, 0.5) is 0 Å². The molecule has 20 heavy (non-hydrogen) atoms. The van der Waals surface area contributed by atoms with Crippen molar-refractivity contribution in [3.8, 4) is 0 Å². The SMILES string of the molecule is NC(=O)c1ccc(C(=O)NCCc2ccc(Br)s2)cc1. The van der Waals surface area contributed by atoms with Crippen molar-refractivity contribution in [3.63, 3.8) is 0 Å². The highest BCUT2D eigenvalue weighted by Gasteiger charge is 2.07. The van der Waals surface area contributed by atoms with Crippen LogP contribution in [0.15, 0.2) is 40.2 Å². The minimum Gasteiger partial charge on any atom is -0.366 e. The Balaban J connectivity index is 1.86. The van der Waals surface area contributed by atoms with Crippen molar-refractivity contribution in [3.05, 3.63) is 56.2 Å². The van der Waals surface area contributed by atoms with E-state index < -0.39 is 5.91 Å². The maximum Gasteiger partial charge on any atom is 0.251 e. The van der Waals surface area contributed by atoms with E-state index in [1.165, 1.54) is 4.88 Å². The number of hydrogen-bond acceptors (Lipinski definition) is 3. The van der Waals surface area contributed by atoms with Gasteiger partial charge in [0.2, 0.25) is 5.91 Å². The summed E-state index contributed by atoms with van der Waals surface area (Å²) in [4.78, 5) is 24.0. The van der Waals surface area contributed by atoms with Gasteiger partial charge in [-0.25, -0.2) is 0 Å². The molecule has 4 nitrogen and oxygen atoms in total. The van der Waals surface area contributed by atoms with Crippen LogP contribution in [0.25, 0.3) is 0 Å². The Bertz CT molecular complexity index is 622. The second-order valence-corrected chi connectivity index (χ2v) is 6.70. The summed E-state index contributed by atoms with van der Waals surface area (Å²) in [5.74, 6) is -0.656. The van der Waals surface area contributed by atoms with Gasteiger partial charge in [-0.2, -0.15) is 0 Å². The van der Waals surface area contributed by atoms with Crippen LogP contribution in [0.3, 0.4) is 0 Å². The molecule has 104 valence electrons. The van der Waals surface area contributed by atoms with E-state index in [4.69, 9.17) is 5.73 Å². The van der Waals surface area contributed by atoms with Crippen molar-refractivity contribution >= 4 is 39.1 Å². The third-order valence-corrected chi connectivity index (χ3v) is 4.40. The second-order valence-electron chi connectivity index (χ2n) is 4.15. The molecule has 0 spiro atoms. The van der Waals surface area contributed by atoms with E-state index in [0.717, 1.165) is 10.2 Å². The van der Waals surface area contributed by atoms with Gasteiger partial charge in [-0.3, -0.25) is 9.59 Å². The van der Waals surface area contributed by atoms with E-state index in [-0.39, 0.29) is 5.91 Å². The molecule has 1 heterocycles. The summed E-state index contributed by atoms with van der Waals surface area (Å²) in [6.07, 6.45) is 0.793. The number of rotatable bonds is 5. The Labute approximate surface area is 129 Å². The minimum atomic E-state index is -0.500. The van der Waals surface area contributed by atoms with Crippen LogP contribution >= 0.6 is 27.3 Å². The normalized spacial score (nSPS) is 10.2. The van der Waals surface area contributed by atoms with E-state index in [0.29, 0.717) is 17.7 Å². The number of halogens is 1. The van der Waals surface area contributed by atoms with E-state index in [9.17, 15) is 9.59 Å². The molecule has 2 rings (SSSR count). The van der Waals surface area contributed by atoms with Crippen LogP contribution in [-0.2, 0) is 6.42 Å². The number of primary amides is 1.